The highest BCUT2D eigenvalue weighted by Crippen LogP contribution is 2.36. The van der Waals surface area contributed by atoms with Crippen molar-refractivity contribution in [1.82, 2.24) is 14.9 Å². The van der Waals surface area contributed by atoms with Crippen LogP contribution in [0.4, 0.5) is 5.95 Å². The fourth-order valence-corrected chi connectivity index (χ4v) is 3.27. The maximum Gasteiger partial charge on any atom is 0.498 e. The normalized spacial score (nSPS) is 26.2. The van der Waals surface area contributed by atoms with Crippen molar-refractivity contribution in [2.45, 2.75) is 51.9 Å². The summed E-state index contributed by atoms with van der Waals surface area (Å²) in [6, 6.07) is 0.448. The summed E-state index contributed by atoms with van der Waals surface area (Å²) >= 11 is 0. The molecule has 138 valence electrons. The van der Waals surface area contributed by atoms with E-state index in [1.807, 2.05) is 40.1 Å². The topological polar surface area (TPSA) is 76.7 Å². The maximum atomic E-state index is 6.06. The molecular weight excluding hydrogens is 317 g/mol. The summed E-state index contributed by atoms with van der Waals surface area (Å²) in [5.74, 6) is 0.763. The summed E-state index contributed by atoms with van der Waals surface area (Å²) in [4.78, 5) is 13.8. The Morgan fingerprint density at radius 2 is 1.76 bits per heavy atom. The Kier molecular flexibility index (Phi) is 5.08. The molecule has 0 radical (unpaired) electrons. The molecule has 1 unspecified atom stereocenters. The third kappa shape index (κ3) is 3.67. The molecule has 0 spiro atoms. The van der Waals surface area contributed by atoms with Crippen LogP contribution in [0.1, 0.15) is 34.6 Å². The molecule has 7 nitrogen and oxygen atoms in total. The van der Waals surface area contributed by atoms with Crippen molar-refractivity contribution in [3.05, 3.63) is 12.4 Å². The van der Waals surface area contributed by atoms with Crippen LogP contribution in [0.5, 0.6) is 0 Å². The lowest BCUT2D eigenvalue weighted by atomic mass is 9.81. The molecule has 1 aromatic heterocycles. The Balaban J connectivity index is 1.66. The molecule has 2 aliphatic rings. The highest BCUT2D eigenvalue weighted by Gasteiger charge is 2.52. The molecule has 2 aliphatic heterocycles. The first kappa shape index (κ1) is 18.6. The van der Waals surface area contributed by atoms with Gasteiger partial charge in [0.15, 0.2) is 0 Å². The molecular formula is C17H30BN5O2. The molecule has 1 aromatic rings. The van der Waals surface area contributed by atoms with E-state index in [0.29, 0.717) is 12.6 Å². The molecule has 25 heavy (non-hydrogen) atoms. The third-order valence-electron chi connectivity index (χ3n) is 5.65. The lowest BCUT2D eigenvalue weighted by Crippen LogP contribution is -2.53. The van der Waals surface area contributed by atoms with Crippen molar-refractivity contribution in [1.29, 1.82) is 0 Å². The van der Waals surface area contributed by atoms with Gasteiger partial charge in [0.05, 0.1) is 11.2 Å². The molecule has 3 heterocycles. The molecule has 0 saturated carbocycles. The maximum absolute atomic E-state index is 6.06. The molecule has 0 aliphatic carbocycles. The number of aromatic nitrogens is 2. The van der Waals surface area contributed by atoms with Crippen LogP contribution in [0.3, 0.4) is 0 Å². The number of rotatable bonds is 4. The quantitative estimate of drug-likeness (QED) is 0.782. The average Bonchev–Trinajstić information content (AvgIpc) is 2.78. The van der Waals surface area contributed by atoms with Gasteiger partial charge in [0.1, 0.15) is 0 Å². The minimum atomic E-state index is -0.417. The fourth-order valence-electron chi connectivity index (χ4n) is 3.27. The van der Waals surface area contributed by atoms with Gasteiger partial charge in [-0.15, -0.1) is 0 Å². The van der Waals surface area contributed by atoms with Crippen molar-refractivity contribution in [2.24, 2.45) is 5.73 Å². The van der Waals surface area contributed by atoms with Gasteiger partial charge < -0.3 is 19.9 Å². The van der Waals surface area contributed by atoms with Gasteiger partial charge in [0, 0.05) is 56.6 Å². The average molecular weight is 347 g/mol. The zero-order valence-electron chi connectivity index (χ0n) is 16.0. The molecule has 0 bridgehead atoms. The number of hydrogen-bond acceptors (Lipinski definition) is 7. The van der Waals surface area contributed by atoms with Gasteiger partial charge in [-0.3, -0.25) is 4.90 Å². The number of hydrogen-bond donors (Lipinski definition) is 1. The Hall–Kier alpha value is -1.22. The summed E-state index contributed by atoms with van der Waals surface area (Å²) in [6.07, 6.45) is 3.64. The first-order valence-electron chi connectivity index (χ1n) is 9.10. The van der Waals surface area contributed by atoms with E-state index in [1.165, 1.54) is 0 Å². The predicted molar refractivity (Wildman–Crippen MR) is 100 cm³/mol. The monoisotopic (exact) mass is 347 g/mol. The predicted octanol–water partition coefficient (Wildman–Crippen LogP) is 0.245. The van der Waals surface area contributed by atoms with Gasteiger partial charge in [-0.2, -0.15) is 0 Å². The lowest BCUT2D eigenvalue weighted by molar-refractivity contribution is 0.00578. The van der Waals surface area contributed by atoms with Crippen LogP contribution in [0.2, 0.25) is 0 Å². The molecule has 2 fully saturated rings. The number of nitrogens with two attached hydrogens (primary N) is 1. The Bertz CT molecular complexity index is 579. The second kappa shape index (κ2) is 6.83. The van der Waals surface area contributed by atoms with Crippen LogP contribution in [0.25, 0.3) is 0 Å². The number of nitrogens with zero attached hydrogens (tertiary/aromatic N) is 4. The van der Waals surface area contributed by atoms with E-state index in [9.17, 15) is 0 Å². The SMILES string of the molecule is CC1CN(c2ncc(B3OC(C)(C)C(C)(C)O3)cn2)CCN1CCN. The van der Waals surface area contributed by atoms with E-state index in [4.69, 9.17) is 15.0 Å². The molecule has 1 atom stereocenters. The van der Waals surface area contributed by atoms with Gasteiger partial charge in [0.25, 0.3) is 0 Å². The Morgan fingerprint density at radius 1 is 1.16 bits per heavy atom. The van der Waals surface area contributed by atoms with Crippen molar-refractivity contribution in [3.8, 4) is 0 Å². The second-order valence-corrected chi connectivity index (χ2v) is 8.02. The zero-order valence-corrected chi connectivity index (χ0v) is 16.0. The van der Waals surface area contributed by atoms with E-state index in [2.05, 4.69) is 26.7 Å². The molecule has 0 amide bonds. The van der Waals surface area contributed by atoms with Crippen LogP contribution >= 0.6 is 0 Å². The highest BCUT2D eigenvalue weighted by molar-refractivity contribution is 6.61. The van der Waals surface area contributed by atoms with Gasteiger partial charge in [0.2, 0.25) is 5.95 Å². The first-order chi connectivity index (χ1) is 11.7. The van der Waals surface area contributed by atoms with E-state index >= 15 is 0 Å². The van der Waals surface area contributed by atoms with Crippen molar-refractivity contribution in [2.75, 3.05) is 37.6 Å². The van der Waals surface area contributed by atoms with Gasteiger partial charge >= 0.3 is 7.12 Å². The van der Waals surface area contributed by atoms with Crippen LogP contribution in [-0.2, 0) is 9.31 Å². The van der Waals surface area contributed by atoms with Crippen LogP contribution < -0.4 is 16.1 Å². The molecule has 0 aromatic carbocycles. The Morgan fingerprint density at radius 3 is 2.28 bits per heavy atom. The highest BCUT2D eigenvalue weighted by atomic mass is 16.7. The summed E-state index contributed by atoms with van der Waals surface area (Å²) in [7, 11) is -0.417. The summed E-state index contributed by atoms with van der Waals surface area (Å²) in [6.45, 7) is 14.9. The van der Waals surface area contributed by atoms with Crippen molar-refractivity contribution < 1.29 is 9.31 Å². The zero-order chi connectivity index (χ0) is 18.2. The second-order valence-electron chi connectivity index (χ2n) is 8.02. The van der Waals surface area contributed by atoms with Gasteiger partial charge in [-0.05, 0) is 34.6 Å². The minimum Gasteiger partial charge on any atom is -0.399 e. The van der Waals surface area contributed by atoms with Gasteiger partial charge in [-0.1, -0.05) is 0 Å². The van der Waals surface area contributed by atoms with E-state index in [-0.39, 0.29) is 11.2 Å². The van der Waals surface area contributed by atoms with Crippen LogP contribution in [0.15, 0.2) is 12.4 Å². The molecule has 3 rings (SSSR count). The summed E-state index contributed by atoms with van der Waals surface area (Å²) in [5.41, 5.74) is 5.82. The molecule has 2 N–H and O–H groups in total. The van der Waals surface area contributed by atoms with E-state index in [1.54, 1.807) is 0 Å². The van der Waals surface area contributed by atoms with Gasteiger partial charge in [-0.25, -0.2) is 9.97 Å². The largest absolute Gasteiger partial charge is 0.498 e. The first-order valence-corrected chi connectivity index (χ1v) is 9.10. The summed E-state index contributed by atoms with van der Waals surface area (Å²) in [5, 5.41) is 0. The third-order valence-corrected chi connectivity index (χ3v) is 5.65. The molecule has 2 saturated heterocycles. The van der Waals surface area contributed by atoms with Crippen LogP contribution in [0, 0.1) is 0 Å². The Labute approximate surface area is 151 Å². The fraction of sp³-hybridized carbons (Fsp3) is 0.765. The molecule has 8 heteroatoms. The van der Waals surface area contributed by atoms with E-state index < -0.39 is 7.12 Å². The lowest BCUT2D eigenvalue weighted by Gasteiger charge is -2.39. The van der Waals surface area contributed by atoms with Crippen molar-refractivity contribution >= 4 is 18.5 Å². The van der Waals surface area contributed by atoms with Crippen molar-refractivity contribution in [3.63, 3.8) is 0 Å². The number of anilines is 1. The van der Waals surface area contributed by atoms with Crippen LogP contribution in [-0.4, -0.2) is 72.0 Å². The summed E-state index contributed by atoms with van der Waals surface area (Å²) < 4.78 is 12.1. The van der Waals surface area contributed by atoms with E-state index in [0.717, 1.165) is 37.6 Å². The minimum absolute atomic E-state index is 0.356. The smallest absolute Gasteiger partial charge is 0.399 e. The number of piperazine rings is 1. The standard InChI is InChI=1S/C17H30BN5O2/c1-13-12-23(9-8-22(13)7-6-19)15-20-10-14(11-21-15)18-24-16(2,3)17(4,5)25-18/h10-11,13H,6-9,12,19H2,1-5H3.